The molecule has 0 radical (unpaired) electrons. The van der Waals surface area contributed by atoms with Gasteiger partial charge < -0.3 is 15.4 Å². The summed E-state index contributed by atoms with van der Waals surface area (Å²) in [4.78, 5) is 11.9. The summed E-state index contributed by atoms with van der Waals surface area (Å²) >= 11 is 0. The minimum atomic E-state index is -0.0314. The van der Waals surface area contributed by atoms with Crippen LogP contribution in [-0.4, -0.2) is 25.6 Å². The first-order valence-electron chi connectivity index (χ1n) is 7.28. The van der Waals surface area contributed by atoms with E-state index in [4.69, 9.17) is 4.74 Å². The van der Waals surface area contributed by atoms with E-state index in [9.17, 15) is 4.79 Å². The van der Waals surface area contributed by atoms with Gasteiger partial charge in [-0.1, -0.05) is 32.8 Å². The number of ether oxygens (including phenoxy) is 1. The molecule has 1 atom stereocenters. The Morgan fingerprint density at radius 2 is 2.00 bits per heavy atom. The van der Waals surface area contributed by atoms with Crippen molar-refractivity contribution in [2.24, 2.45) is 5.92 Å². The Bertz CT molecular complexity index is 417. The van der Waals surface area contributed by atoms with Gasteiger partial charge >= 0.3 is 0 Å². The fourth-order valence-corrected chi connectivity index (χ4v) is 2.32. The van der Waals surface area contributed by atoms with Crippen molar-refractivity contribution in [2.75, 3.05) is 19.0 Å². The van der Waals surface area contributed by atoms with Gasteiger partial charge in [0.15, 0.2) is 0 Å². The number of hydrogen-bond donors (Lipinski definition) is 2. The zero-order chi connectivity index (χ0) is 15.0. The summed E-state index contributed by atoms with van der Waals surface area (Å²) in [5, 5.41) is 6.16. The van der Waals surface area contributed by atoms with E-state index >= 15 is 0 Å². The van der Waals surface area contributed by atoms with E-state index in [-0.39, 0.29) is 5.91 Å². The molecular formula is C16H26N2O2. The highest BCUT2D eigenvalue weighted by Gasteiger charge is 2.14. The first-order chi connectivity index (χ1) is 9.60. The van der Waals surface area contributed by atoms with Crippen LogP contribution < -0.4 is 15.4 Å². The number of anilines is 1. The summed E-state index contributed by atoms with van der Waals surface area (Å²) in [6, 6.07) is 7.71. The van der Waals surface area contributed by atoms with Crippen LogP contribution in [0.25, 0.3) is 0 Å². The van der Waals surface area contributed by atoms with E-state index in [0.717, 1.165) is 24.3 Å². The van der Waals surface area contributed by atoms with Gasteiger partial charge in [-0.15, -0.1) is 0 Å². The van der Waals surface area contributed by atoms with Gasteiger partial charge in [0.2, 0.25) is 5.91 Å². The lowest BCUT2D eigenvalue weighted by Gasteiger charge is -2.22. The number of carbonyl (C=O) groups excluding carboxylic acids is 1. The van der Waals surface area contributed by atoms with Crippen LogP contribution in [0.15, 0.2) is 24.3 Å². The average molecular weight is 278 g/mol. The third kappa shape index (κ3) is 5.21. The van der Waals surface area contributed by atoms with Crippen LogP contribution in [0.4, 0.5) is 5.69 Å². The van der Waals surface area contributed by atoms with Crippen LogP contribution in [0.1, 0.15) is 33.6 Å². The van der Waals surface area contributed by atoms with Crippen LogP contribution in [-0.2, 0) is 4.79 Å². The molecule has 2 N–H and O–H groups in total. The summed E-state index contributed by atoms with van der Waals surface area (Å²) in [6.07, 6.45) is 2.25. The standard InChI is InChI=1S/C16H26N2O2/c1-5-13(6-2)12(3)17-11-16(19)18-14-8-7-9-15(10-14)20-4/h7-10,12-13,17H,5-6,11H2,1-4H3,(H,18,19). The molecule has 0 aliphatic heterocycles. The van der Waals surface area contributed by atoms with Crippen molar-refractivity contribution < 1.29 is 9.53 Å². The molecule has 0 aliphatic rings. The molecule has 0 saturated heterocycles. The monoisotopic (exact) mass is 278 g/mol. The third-order valence-corrected chi connectivity index (χ3v) is 3.69. The number of amides is 1. The van der Waals surface area contributed by atoms with E-state index in [2.05, 4.69) is 31.4 Å². The summed E-state index contributed by atoms with van der Waals surface area (Å²) in [5.74, 6) is 1.32. The predicted octanol–water partition coefficient (Wildman–Crippen LogP) is 3.05. The summed E-state index contributed by atoms with van der Waals surface area (Å²) < 4.78 is 5.13. The molecule has 0 saturated carbocycles. The van der Waals surface area contributed by atoms with Crippen LogP contribution in [0.5, 0.6) is 5.75 Å². The van der Waals surface area contributed by atoms with Gasteiger partial charge in [0.05, 0.1) is 13.7 Å². The fraction of sp³-hybridized carbons (Fsp3) is 0.562. The molecule has 1 aromatic carbocycles. The van der Waals surface area contributed by atoms with Gasteiger partial charge in [0.1, 0.15) is 5.75 Å². The molecule has 0 heterocycles. The maximum atomic E-state index is 11.9. The van der Waals surface area contributed by atoms with E-state index < -0.39 is 0 Å². The molecule has 1 amide bonds. The van der Waals surface area contributed by atoms with Gasteiger partial charge in [0.25, 0.3) is 0 Å². The average Bonchev–Trinajstić information content (AvgIpc) is 2.46. The topological polar surface area (TPSA) is 50.4 Å². The number of benzene rings is 1. The minimum Gasteiger partial charge on any atom is -0.497 e. The summed E-state index contributed by atoms with van der Waals surface area (Å²) in [6.45, 7) is 6.83. The Morgan fingerprint density at radius 3 is 2.60 bits per heavy atom. The Labute approximate surface area is 121 Å². The normalized spacial score (nSPS) is 12.2. The van der Waals surface area contributed by atoms with Crippen molar-refractivity contribution in [1.29, 1.82) is 0 Å². The van der Waals surface area contributed by atoms with Gasteiger partial charge in [-0.25, -0.2) is 0 Å². The molecule has 0 aromatic heterocycles. The van der Waals surface area contributed by atoms with E-state index in [0.29, 0.717) is 18.5 Å². The summed E-state index contributed by atoms with van der Waals surface area (Å²) in [7, 11) is 1.61. The zero-order valence-corrected chi connectivity index (χ0v) is 12.9. The van der Waals surface area contributed by atoms with Crippen molar-refractivity contribution in [1.82, 2.24) is 5.32 Å². The Morgan fingerprint density at radius 1 is 1.30 bits per heavy atom. The van der Waals surface area contributed by atoms with Gasteiger partial charge in [-0.2, -0.15) is 0 Å². The van der Waals surface area contributed by atoms with Crippen molar-refractivity contribution in [2.45, 2.75) is 39.7 Å². The van der Waals surface area contributed by atoms with Gasteiger partial charge in [0, 0.05) is 17.8 Å². The van der Waals surface area contributed by atoms with Crippen molar-refractivity contribution in [3.05, 3.63) is 24.3 Å². The van der Waals surface area contributed by atoms with Gasteiger partial charge in [-0.3, -0.25) is 4.79 Å². The Balaban J connectivity index is 2.43. The highest BCUT2D eigenvalue weighted by Crippen LogP contribution is 2.16. The highest BCUT2D eigenvalue weighted by atomic mass is 16.5. The predicted molar refractivity (Wildman–Crippen MR) is 83.2 cm³/mol. The summed E-state index contributed by atoms with van der Waals surface area (Å²) in [5.41, 5.74) is 0.756. The maximum absolute atomic E-state index is 11.9. The highest BCUT2D eigenvalue weighted by molar-refractivity contribution is 5.92. The number of rotatable bonds is 8. The largest absolute Gasteiger partial charge is 0.497 e. The molecule has 4 nitrogen and oxygen atoms in total. The number of nitrogens with one attached hydrogen (secondary N) is 2. The molecular weight excluding hydrogens is 252 g/mol. The number of hydrogen-bond acceptors (Lipinski definition) is 3. The lowest BCUT2D eigenvalue weighted by molar-refractivity contribution is -0.115. The first-order valence-corrected chi connectivity index (χ1v) is 7.28. The van der Waals surface area contributed by atoms with E-state index in [1.54, 1.807) is 7.11 Å². The molecule has 0 bridgehead atoms. The van der Waals surface area contributed by atoms with Crippen LogP contribution in [0.2, 0.25) is 0 Å². The lowest BCUT2D eigenvalue weighted by atomic mass is 9.95. The van der Waals surface area contributed by atoms with E-state index in [1.165, 1.54) is 0 Å². The second-order valence-electron chi connectivity index (χ2n) is 5.03. The molecule has 4 heteroatoms. The second-order valence-corrected chi connectivity index (χ2v) is 5.03. The maximum Gasteiger partial charge on any atom is 0.238 e. The first kappa shape index (κ1) is 16.5. The van der Waals surface area contributed by atoms with Crippen LogP contribution >= 0.6 is 0 Å². The van der Waals surface area contributed by atoms with Crippen molar-refractivity contribution >= 4 is 11.6 Å². The SMILES string of the molecule is CCC(CC)C(C)NCC(=O)Nc1cccc(OC)c1. The van der Waals surface area contributed by atoms with Crippen LogP contribution in [0.3, 0.4) is 0 Å². The quantitative estimate of drug-likeness (QED) is 0.768. The third-order valence-electron chi connectivity index (χ3n) is 3.69. The Kier molecular flexibility index (Phi) is 7.09. The number of methoxy groups -OCH3 is 1. The fourth-order valence-electron chi connectivity index (χ4n) is 2.32. The van der Waals surface area contributed by atoms with Crippen molar-refractivity contribution in [3.8, 4) is 5.75 Å². The molecule has 1 rings (SSSR count). The molecule has 0 spiro atoms. The Hall–Kier alpha value is -1.55. The second kappa shape index (κ2) is 8.59. The molecule has 0 aliphatic carbocycles. The molecule has 1 aromatic rings. The van der Waals surface area contributed by atoms with E-state index in [1.807, 2.05) is 24.3 Å². The zero-order valence-electron chi connectivity index (χ0n) is 12.9. The smallest absolute Gasteiger partial charge is 0.238 e. The minimum absolute atomic E-state index is 0.0314. The van der Waals surface area contributed by atoms with Crippen molar-refractivity contribution in [3.63, 3.8) is 0 Å². The molecule has 112 valence electrons. The molecule has 0 fully saturated rings. The molecule has 20 heavy (non-hydrogen) atoms. The number of carbonyl (C=O) groups is 1. The lowest BCUT2D eigenvalue weighted by Crippen LogP contribution is -2.38. The molecule has 1 unspecified atom stereocenters. The van der Waals surface area contributed by atoms with Gasteiger partial charge in [-0.05, 0) is 25.0 Å². The van der Waals surface area contributed by atoms with Crippen LogP contribution in [0, 0.1) is 5.92 Å².